The SMILES string of the molecule is CC(C)(C)c1cc(O[Si](C)(C)C(C)(C)C)ccc1O[Si](C)(C)C(C)(C)C. The molecule has 0 aliphatic heterocycles. The molecule has 0 atom stereocenters. The van der Waals surface area contributed by atoms with Gasteiger partial charge < -0.3 is 8.85 Å². The molecule has 1 aromatic rings. The van der Waals surface area contributed by atoms with Gasteiger partial charge in [0.15, 0.2) is 0 Å². The Balaban J connectivity index is 3.33. The first-order chi connectivity index (χ1) is 11.3. The van der Waals surface area contributed by atoms with Crippen LogP contribution < -0.4 is 8.85 Å². The van der Waals surface area contributed by atoms with Gasteiger partial charge >= 0.3 is 0 Å². The van der Waals surface area contributed by atoms with Crippen molar-refractivity contribution in [1.82, 2.24) is 0 Å². The third-order valence-corrected chi connectivity index (χ3v) is 14.8. The summed E-state index contributed by atoms with van der Waals surface area (Å²) < 4.78 is 13.2. The minimum atomic E-state index is -1.88. The first-order valence-electron chi connectivity index (χ1n) is 9.80. The molecule has 0 saturated carbocycles. The van der Waals surface area contributed by atoms with E-state index in [0.29, 0.717) is 0 Å². The molecule has 0 aromatic heterocycles. The van der Waals surface area contributed by atoms with E-state index in [1.54, 1.807) is 0 Å². The Morgan fingerprint density at radius 3 is 1.46 bits per heavy atom. The van der Waals surface area contributed by atoms with Crippen LogP contribution in [0.2, 0.25) is 36.3 Å². The molecule has 0 amide bonds. The summed E-state index contributed by atoms with van der Waals surface area (Å²) in [7, 11) is -3.74. The molecule has 0 saturated heterocycles. The summed E-state index contributed by atoms with van der Waals surface area (Å²) >= 11 is 0. The van der Waals surface area contributed by atoms with E-state index in [1.807, 2.05) is 0 Å². The van der Waals surface area contributed by atoms with E-state index in [-0.39, 0.29) is 15.5 Å². The molecule has 0 heterocycles. The van der Waals surface area contributed by atoms with Crippen LogP contribution in [0, 0.1) is 0 Å². The highest BCUT2D eigenvalue weighted by Gasteiger charge is 2.41. The van der Waals surface area contributed by atoms with Crippen molar-refractivity contribution < 1.29 is 8.85 Å². The Kier molecular flexibility index (Phi) is 6.28. The summed E-state index contributed by atoms with van der Waals surface area (Å²) in [4.78, 5) is 0. The lowest BCUT2D eigenvalue weighted by molar-refractivity contribution is 0.459. The number of rotatable bonds is 4. The van der Waals surface area contributed by atoms with Crippen molar-refractivity contribution in [3.05, 3.63) is 23.8 Å². The molecule has 4 heteroatoms. The van der Waals surface area contributed by atoms with Crippen LogP contribution >= 0.6 is 0 Å². The van der Waals surface area contributed by atoms with E-state index in [2.05, 4.69) is 107 Å². The minimum Gasteiger partial charge on any atom is -0.543 e. The van der Waals surface area contributed by atoms with Gasteiger partial charge in [-0.25, -0.2) is 0 Å². The Labute approximate surface area is 165 Å². The molecule has 0 bridgehead atoms. The molecule has 0 fully saturated rings. The van der Waals surface area contributed by atoms with Crippen molar-refractivity contribution in [2.75, 3.05) is 0 Å². The van der Waals surface area contributed by atoms with Gasteiger partial charge in [-0.05, 0) is 59.9 Å². The maximum absolute atomic E-state index is 6.67. The van der Waals surface area contributed by atoms with Crippen LogP contribution in [-0.2, 0) is 5.41 Å². The van der Waals surface area contributed by atoms with Crippen LogP contribution in [0.25, 0.3) is 0 Å². The zero-order valence-electron chi connectivity index (χ0n) is 19.5. The van der Waals surface area contributed by atoms with Crippen molar-refractivity contribution in [2.24, 2.45) is 0 Å². The van der Waals surface area contributed by atoms with E-state index < -0.39 is 16.6 Å². The van der Waals surface area contributed by atoms with Crippen LogP contribution in [0.1, 0.15) is 67.9 Å². The van der Waals surface area contributed by atoms with Crippen molar-refractivity contribution in [1.29, 1.82) is 0 Å². The average molecular weight is 395 g/mol. The van der Waals surface area contributed by atoms with Gasteiger partial charge in [-0.2, -0.15) is 0 Å². The van der Waals surface area contributed by atoms with Gasteiger partial charge in [0.05, 0.1) is 0 Å². The maximum Gasteiger partial charge on any atom is 0.250 e. The molecular weight excluding hydrogens is 352 g/mol. The Hall–Kier alpha value is -0.746. The van der Waals surface area contributed by atoms with Gasteiger partial charge in [-0.1, -0.05) is 62.3 Å². The number of hydrogen-bond donors (Lipinski definition) is 0. The Morgan fingerprint density at radius 2 is 1.08 bits per heavy atom. The zero-order chi connectivity index (χ0) is 20.8. The largest absolute Gasteiger partial charge is 0.543 e. The van der Waals surface area contributed by atoms with Gasteiger partial charge in [0, 0.05) is 5.56 Å². The van der Waals surface area contributed by atoms with Gasteiger partial charge in [0.2, 0.25) is 16.6 Å². The summed E-state index contributed by atoms with van der Waals surface area (Å²) in [6.45, 7) is 29.6. The number of hydrogen-bond acceptors (Lipinski definition) is 2. The molecular formula is C22H42O2Si2. The highest BCUT2D eigenvalue weighted by atomic mass is 28.4. The zero-order valence-corrected chi connectivity index (χ0v) is 21.5. The fourth-order valence-electron chi connectivity index (χ4n) is 2.12. The second-order valence-electron chi connectivity index (χ2n) is 11.6. The summed E-state index contributed by atoms with van der Waals surface area (Å²) in [5, 5.41) is 0.365. The molecule has 0 radical (unpaired) electrons. The smallest absolute Gasteiger partial charge is 0.250 e. The summed E-state index contributed by atoms with van der Waals surface area (Å²) in [6.07, 6.45) is 0. The van der Waals surface area contributed by atoms with E-state index >= 15 is 0 Å². The normalized spacial score (nSPS) is 14.3. The minimum absolute atomic E-state index is 0.00446. The molecule has 2 nitrogen and oxygen atoms in total. The second-order valence-corrected chi connectivity index (χ2v) is 21.1. The fraction of sp³-hybridized carbons (Fsp3) is 0.727. The first-order valence-corrected chi connectivity index (χ1v) is 15.6. The van der Waals surface area contributed by atoms with Crippen molar-refractivity contribution in [3.8, 4) is 11.5 Å². The van der Waals surface area contributed by atoms with Gasteiger partial charge in [-0.15, -0.1) is 0 Å². The summed E-state index contributed by atoms with van der Waals surface area (Å²) in [6, 6.07) is 6.44. The lowest BCUT2D eigenvalue weighted by Crippen LogP contribution is -2.44. The average Bonchev–Trinajstić information content (AvgIpc) is 2.35. The predicted octanol–water partition coefficient (Wildman–Crippen LogP) is 7.75. The maximum atomic E-state index is 6.67. The Bertz CT molecular complexity index is 627. The van der Waals surface area contributed by atoms with Crippen molar-refractivity contribution >= 4 is 16.6 Å². The fourth-order valence-corrected chi connectivity index (χ4v) is 4.18. The summed E-state index contributed by atoms with van der Waals surface area (Å²) in [5.74, 6) is 2.00. The van der Waals surface area contributed by atoms with E-state index in [4.69, 9.17) is 8.85 Å². The molecule has 26 heavy (non-hydrogen) atoms. The molecule has 0 aliphatic rings. The third-order valence-electron chi connectivity index (χ3n) is 6.11. The number of benzene rings is 1. The molecule has 0 unspecified atom stereocenters. The van der Waals surface area contributed by atoms with Crippen molar-refractivity contribution in [3.63, 3.8) is 0 Å². The lowest BCUT2D eigenvalue weighted by Gasteiger charge is -2.39. The van der Waals surface area contributed by atoms with Crippen molar-refractivity contribution in [2.45, 2.75) is 104 Å². The van der Waals surface area contributed by atoms with Crippen LogP contribution in [0.5, 0.6) is 11.5 Å². The van der Waals surface area contributed by atoms with Crippen LogP contribution in [0.3, 0.4) is 0 Å². The Morgan fingerprint density at radius 1 is 0.654 bits per heavy atom. The standard InChI is InChI=1S/C22H42O2Si2/c1-20(2,3)18-16-17(23-25(10,11)21(4,5)6)14-15-19(18)24-26(12,13)22(7,8)9/h14-16H,1-13H3. The van der Waals surface area contributed by atoms with Crippen LogP contribution in [-0.4, -0.2) is 16.6 Å². The quantitative estimate of drug-likeness (QED) is 0.486. The molecule has 1 aromatic carbocycles. The molecule has 0 spiro atoms. The third kappa shape index (κ3) is 5.38. The van der Waals surface area contributed by atoms with E-state index in [9.17, 15) is 0 Å². The lowest BCUT2D eigenvalue weighted by atomic mass is 9.86. The van der Waals surface area contributed by atoms with Gasteiger partial charge in [0.25, 0.3) is 0 Å². The molecule has 1 rings (SSSR count). The highest BCUT2D eigenvalue weighted by Crippen LogP contribution is 2.43. The van der Waals surface area contributed by atoms with Crippen LogP contribution in [0.15, 0.2) is 18.2 Å². The van der Waals surface area contributed by atoms with E-state index in [0.717, 1.165) is 11.5 Å². The van der Waals surface area contributed by atoms with Gasteiger partial charge in [-0.3, -0.25) is 0 Å². The molecule has 150 valence electrons. The van der Waals surface area contributed by atoms with Gasteiger partial charge in [0.1, 0.15) is 11.5 Å². The molecule has 0 aliphatic carbocycles. The highest BCUT2D eigenvalue weighted by molar-refractivity contribution is 6.75. The van der Waals surface area contributed by atoms with E-state index in [1.165, 1.54) is 5.56 Å². The topological polar surface area (TPSA) is 18.5 Å². The monoisotopic (exact) mass is 394 g/mol. The summed E-state index contributed by atoms with van der Waals surface area (Å²) in [5.41, 5.74) is 1.24. The van der Waals surface area contributed by atoms with Crippen LogP contribution in [0.4, 0.5) is 0 Å². The predicted molar refractivity (Wildman–Crippen MR) is 121 cm³/mol. The second kappa shape index (κ2) is 7.01. The first kappa shape index (κ1) is 23.3. The molecule has 0 N–H and O–H groups in total.